The molecule has 0 saturated carbocycles. The van der Waals surface area contributed by atoms with Gasteiger partial charge in [0, 0.05) is 5.02 Å². The summed E-state index contributed by atoms with van der Waals surface area (Å²) in [5.74, 6) is -0.386. The number of aryl methyl sites for hydroxylation is 1. The quantitative estimate of drug-likeness (QED) is 0.748. The van der Waals surface area contributed by atoms with Crippen LogP contribution in [-0.2, 0) is 14.3 Å². The molecule has 2 aromatic carbocycles. The zero-order valence-corrected chi connectivity index (χ0v) is 15.8. The second-order valence-corrected chi connectivity index (χ2v) is 6.37. The van der Waals surface area contributed by atoms with Crippen molar-refractivity contribution in [3.8, 4) is 5.75 Å². The summed E-state index contributed by atoms with van der Waals surface area (Å²) < 4.78 is 10.4. The van der Waals surface area contributed by atoms with Crippen molar-refractivity contribution in [3.05, 3.63) is 64.2 Å². The lowest BCUT2D eigenvalue weighted by molar-refractivity contribution is -0.150. The van der Waals surface area contributed by atoms with E-state index in [1.54, 1.807) is 12.1 Å². The highest BCUT2D eigenvalue weighted by atomic mass is 35.5. The number of benzene rings is 2. The molecule has 0 fully saturated rings. The van der Waals surface area contributed by atoms with Crippen LogP contribution in [0.3, 0.4) is 0 Å². The van der Waals surface area contributed by atoms with Crippen LogP contribution in [0.25, 0.3) is 0 Å². The molecule has 0 spiro atoms. The first-order chi connectivity index (χ1) is 12.4. The molecule has 0 saturated heterocycles. The first-order valence-corrected chi connectivity index (χ1v) is 8.64. The van der Waals surface area contributed by atoms with Gasteiger partial charge in [0.1, 0.15) is 5.75 Å². The van der Waals surface area contributed by atoms with Gasteiger partial charge in [-0.25, -0.2) is 4.79 Å². The maximum absolute atomic E-state index is 11.9. The summed E-state index contributed by atoms with van der Waals surface area (Å²) in [5.41, 5.74) is 2.84. The minimum Gasteiger partial charge on any atom is -0.482 e. The normalized spacial score (nSPS) is 11.5. The number of amides is 1. The Hall–Kier alpha value is -2.53. The monoisotopic (exact) mass is 375 g/mol. The van der Waals surface area contributed by atoms with Gasteiger partial charge in [-0.15, -0.1) is 0 Å². The number of halogens is 1. The average Bonchev–Trinajstić information content (AvgIpc) is 2.61. The SMILES string of the molecule is Cc1cccc(OCC(=O)OCC(=O)N[C@@H](C)c2ccccc2Cl)c1C. The van der Waals surface area contributed by atoms with E-state index in [0.717, 1.165) is 16.7 Å². The average molecular weight is 376 g/mol. The number of esters is 1. The van der Waals surface area contributed by atoms with Crippen molar-refractivity contribution in [2.24, 2.45) is 0 Å². The van der Waals surface area contributed by atoms with Crippen LogP contribution in [0.5, 0.6) is 5.75 Å². The highest BCUT2D eigenvalue weighted by Gasteiger charge is 2.14. The third-order valence-electron chi connectivity index (χ3n) is 4.01. The lowest BCUT2D eigenvalue weighted by Gasteiger charge is -2.16. The molecule has 1 amide bonds. The maximum atomic E-state index is 11.9. The summed E-state index contributed by atoms with van der Waals surface area (Å²) in [5, 5.41) is 3.31. The molecule has 5 nitrogen and oxygen atoms in total. The van der Waals surface area contributed by atoms with Gasteiger partial charge in [-0.2, -0.15) is 0 Å². The minimum atomic E-state index is -0.605. The lowest BCUT2D eigenvalue weighted by Crippen LogP contribution is -2.32. The van der Waals surface area contributed by atoms with Crippen molar-refractivity contribution in [3.63, 3.8) is 0 Å². The van der Waals surface area contributed by atoms with E-state index < -0.39 is 11.9 Å². The molecule has 6 heteroatoms. The van der Waals surface area contributed by atoms with Crippen molar-refractivity contribution >= 4 is 23.5 Å². The zero-order valence-electron chi connectivity index (χ0n) is 15.0. The van der Waals surface area contributed by atoms with E-state index in [2.05, 4.69) is 5.32 Å². The van der Waals surface area contributed by atoms with Crippen LogP contribution in [-0.4, -0.2) is 25.1 Å². The Bertz CT molecular complexity index is 791. The third-order valence-corrected chi connectivity index (χ3v) is 4.36. The van der Waals surface area contributed by atoms with E-state index in [4.69, 9.17) is 21.1 Å². The summed E-state index contributed by atoms with van der Waals surface area (Å²) in [7, 11) is 0. The van der Waals surface area contributed by atoms with Gasteiger partial charge in [-0.05, 0) is 49.6 Å². The largest absolute Gasteiger partial charge is 0.482 e. The molecular formula is C20H22ClNO4. The van der Waals surface area contributed by atoms with Crippen molar-refractivity contribution in [2.45, 2.75) is 26.8 Å². The molecule has 2 rings (SSSR count). The molecule has 2 aromatic rings. The fourth-order valence-electron chi connectivity index (χ4n) is 2.39. The summed E-state index contributed by atoms with van der Waals surface area (Å²) in [6, 6.07) is 12.6. The minimum absolute atomic E-state index is 0.252. The summed E-state index contributed by atoms with van der Waals surface area (Å²) >= 11 is 6.10. The number of rotatable bonds is 7. The van der Waals surface area contributed by atoms with E-state index in [-0.39, 0.29) is 19.3 Å². The number of carbonyl (C=O) groups excluding carboxylic acids is 2. The van der Waals surface area contributed by atoms with Crippen molar-refractivity contribution in [2.75, 3.05) is 13.2 Å². The van der Waals surface area contributed by atoms with E-state index in [0.29, 0.717) is 10.8 Å². The van der Waals surface area contributed by atoms with Crippen LogP contribution in [0.2, 0.25) is 5.02 Å². The smallest absolute Gasteiger partial charge is 0.344 e. The predicted octanol–water partition coefficient (Wildman–Crippen LogP) is 3.76. The topological polar surface area (TPSA) is 64.6 Å². The molecule has 0 aromatic heterocycles. The third kappa shape index (κ3) is 5.49. The Kier molecular flexibility index (Phi) is 7.04. The number of carbonyl (C=O) groups is 2. The van der Waals surface area contributed by atoms with Crippen LogP contribution in [0.15, 0.2) is 42.5 Å². The number of hydrogen-bond acceptors (Lipinski definition) is 4. The van der Waals surface area contributed by atoms with Gasteiger partial charge in [-0.1, -0.05) is 41.9 Å². The Labute approximate surface area is 158 Å². The summed E-state index contributed by atoms with van der Waals surface area (Å²) in [6.45, 7) is 5.07. The second-order valence-electron chi connectivity index (χ2n) is 5.96. The van der Waals surface area contributed by atoms with Crippen molar-refractivity contribution in [1.82, 2.24) is 5.32 Å². The van der Waals surface area contributed by atoms with Gasteiger partial charge in [0.05, 0.1) is 6.04 Å². The molecule has 0 bridgehead atoms. The molecule has 1 N–H and O–H groups in total. The summed E-state index contributed by atoms with van der Waals surface area (Å²) in [4.78, 5) is 23.7. The molecule has 0 unspecified atom stereocenters. The number of hydrogen-bond donors (Lipinski definition) is 1. The number of ether oxygens (including phenoxy) is 2. The standard InChI is InChI=1S/C20H22ClNO4/c1-13-7-6-10-18(14(13)2)25-12-20(24)26-11-19(23)22-15(3)16-8-4-5-9-17(16)21/h4-10,15H,11-12H2,1-3H3,(H,22,23)/t15-/m0/s1. The molecule has 26 heavy (non-hydrogen) atoms. The summed E-state index contributed by atoms with van der Waals surface area (Å²) in [6.07, 6.45) is 0. The fourth-order valence-corrected chi connectivity index (χ4v) is 2.69. The van der Waals surface area contributed by atoms with Crippen LogP contribution < -0.4 is 10.1 Å². The van der Waals surface area contributed by atoms with Gasteiger partial charge in [-0.3, -0.25) is 4.79 Å². The van der Waals surface area contributed by atoms with Crippen LogP contribution >= 0.6 is 11.6 Å². The van der Waals surface area contributed by atoms with Gasteiger partial charge in [0.2, 0.25) is 0 Å². The molecule has 138 valence electrons. The van der Waals surface area contributed by atoms with E-state index >= 15 is 0 Å². The molecule has 0 aliphatic rings. The zero-order chi connectivity index (χ0) is 19.1. The highest BCUT2D eigenvalue weighted by Crippen LogP contribution is 2.22. The van der Waals surface area contributed by atoms with Gasteiger partial charge < -0.3 is 14.8 Å². The van der Waals surface area contributed by atoms with Gasteiger partial charge >= 0.3 is 5.97 Å². The van der Waals surface area contributed by atoms with Crippen LogP contribution in [0, 0.1) is 13.8 Å². The maximum Gasteiger partial charge on any atom is 0.344 e. The Morgan fingerprint density at radius 1 is 1.08 bits per heavy atom. The van der Waals surface area contributed by atoms with Crippen LogP contribution in [0.1, 0.15) is 29.7 Å². The Morgan fingerprint density at radius 2 is 1.81 bits per heavy atom. The van der Waals surface area contributed by atoms with E-state index in [1.165, 1.54) is 0 Å². The van der Waals surface area contributed by atoms with Crippen molar-refractivity contribution in [1.29, 1.82) is 0 Å². The molecule has 1 atom stereocenters. The highest BCUT2D eigenvalue weighted by molar-refractivity contribution is 6.31. The lowest BCUT2D eigenvalue weighted by atomic mass is 10.1. The first kappa shape index (κ1) is 19.8. The molecule has 0 aliphatic heterocycles. The molecule has 0 heterocycles. The first-order valence-electron chi connectivity index (χ1n) is 8.27. The second kappa shape index (κ2) is 9.25. The predicted molar refractivity (Wildman–Crippen MR) is 100 cm³/mol. The van der Waals surface area contributed by atoms with Crippen LogP contribution in [0.4, 0.5) is 0 Å². The molecular weight excluding hydrogens is 354 g/mol. The van der Waals surface area contributed by atoms with E-state index in [9.17, 15) is 9.59 Å². The van der Waals surface area contributed by atoms with Gasteiger partial charge in [0.25, 0.3) is 5.91 Å². The molecule has 0 radical (unpaired) electrons. The molecule has 0 aliphatic carbocycles. The van der Waals surface area contributed by atoms with Gasteiger partial charge in [0.15, 0.2) is 13.2 Å². The fraction of sp³-hybridized carbons (Fsp3) is 0.300. The Morgan fingerprint density at radius 3 is 2.54 bits per heavy atom. The van der Waals surface area contributed by atoms with Crippen molar-refractivity contribution < 1.29 is 19.1 Å². The van der Waals surface area contributed by atoms with E-state index in [1.807, 2.05) is 51.1 Å². The Balaban J connectivity index is 1.77. The number of nitrogens with one attached hydrogen (secondary N) is 1.